The predicted molar refractivity (Wildman–Crippen MR) is 78.5 cm³/mol. The topological polar surface area (TPSA) is 66.8 Å². The van der Waals surface area contributed by atoms with Crippen molar-refractivity contribution in [1.29, 1.82) is 0 Å². The Labute approximate surface area is 119 Å². The molecule has 1 aromatic carbocycles. The molecular formula is C16H22O4. The maximum absolute atomic E-state index is 12.3. The van der Waals surface area contributed by atoms with Crippen LogP contribution in [-0.2, 0) is 0 Å². The highest BCUT2D eigenvalue weighted by atomic mass is 16.5. The van der Waals surface area contributed by atoms with Crippen molar-refractivity contribution in [2.45, 2.75) is 34.1 Å². The molecule has 0 unspecified atom stereocenters. The van der Waals surface area contributed by atoms with Crippen molar-refractivity contribution in [2.24, 2.45) is 5.92 Å². The fourth-order valence-electron chi connectivity index (χ4n) is 1.68. The number of ether oxygens (including phenoxy) is 1. The summed E-state index contributed by atoms with van der Waals surface area (Å²) >= 11 is 0. The lowest BCUT2D eigenvalue weighted by molar-refractivity contribution is 0.0920. The minimum absolute atomic E-state index is 0.129. The largest absolute Gasteiger partial charge is 0.508 e. The fraction of sp³-hybridized carbons (Fsp3) is 0.438. The SMILES string of the molecule is CC[C@H](C)C(=O)c1c(O)cc(O)cc1OCC=C(C)C. The molecule has 0 amide bonds. The molecule has 0 aliphatic rings. The molecule has 0 saturated heterocycles. The number of phenols is 2. The number of aromatic hydroxyl groups is 2. The molecule has 0 bridgehead atoms. The van der Waals surface area contributed by atoms with Crippen molar-refractivity contribution in [3.8, 4) is 17.2 Å². The molecule has 2 N–H and O–H groups in total. The Balaban J connectivity index is 3.14. The summed E-state index contributed by atoms with van der Waals surface area (Å²) in [6.07, 6.45) is 2.53. The Hall–Kier alpha value is -1.97. The summed E-state index contributed by atoms with van der Waals surface area (Å²) in [5.74, 6) is -0.559. The van der Waals surface area contributed by atoms with E-state index in [-0.39, 0.29) is 41.1 Å². The van der Waals surface area contributed by atoms with E-state index in [0.29, 0.717) is 6.42 Å². The van der Waals surface area contributed by atoms with Crippen molar-refractivity contribution in [3.63, 3.8) is 0 Å². The van der Waals surface area contributed by atoms with Gasteiger partial charge in [0.1, 0.15) is 29.4 Å². The van der Waals surface area contributed by atoms with Gasteiger partial charge in [-0.2, -0.15) is 0 Å². The first-order chi connectivity index (χ1) is 9.36. The van der Waals surface area contributed by atoms with E-state index in [2.05, 4.69) is 0 Å². The molecule has 0 heterocycles. The number of Topliss-reactive ketones (excluding diaryl/α,β-unsaturated/α-hetero) is 1. The molecule has 0 spiro atoms. The molecule has 0 saturated carbocycles. The molecular weight excluding hydrogens is 256 g/mol. The third-order valence-electron chi connectivity index (χ3n) is 3.10. The van der Waals surface area contributed by atoms with E-state index in [4.69, 9.17) is 4.74 Å². The first-order valence-electron chi connectivity index (χ1n) is 6.73. The number of rotatable bonds is 6. The van der Waals surface area contributed by atoms with Crippen LogP contribution < -0.4 is 4.74 Å². The van der Waals surface area contributed by atoms with Gasteiger partial charge >= 0.3 is 0 Å². The highest BCUT2D eigenvalue weighted by Crippen LogP contribution is 2.35. The summed E-state index contributed by atoms with van der Waals surface area (Å²) in [7, 11) is 0. The Kier molecular flexibility index (Phi) is 5.62. The van der Waals surface area contributed by atoms with Gasteiger partial charge in [-0.1, -0.05) is 19.4 Å². The molecule has 0 aromatic heterocycles. The molecule has 0 aliphatic heterocycles. The van der Waals surface area contributed by atoms with Gasteiger partial charge in [0.15, 0.2) is 5.78 Å². The Morgan fingerprint density at radius 1 is 1.35 bits per heavy atom. The predicted octanol–water partition coefficient (Wildman–Crippen LogP) is 3.67. The van der Waals surface area contributed by atoms with Gasteiger partial charge in [-0.05, 0) is 26.3 Å². The van der Waals surface area contributed by atoms with E-state index >= 15 is 0 Å². The Morgan fingerprint density at radius 3 is 2.55 bits per heavy atom. The van der Waals surface area contributed by atoms with Crippen molar-refractivity contribution in [3.05, 3.63) is 29.3 Å². The number of phenolic OH excluding ortho intramolecular Hbond substituents is 2. The first-order valence-corrected chi connectivity index (χ1v) is 6.73. The van der Waals surface area contributed by atoms with Crippen molar-refractivity contribution >= 4 is 5.78 Å². The monoisotopic (exact) mass is 278 g/mol. The second kappa shape index (κ2) is 6.98. The third-order valence-corrected chi connectivity index (χ3v) is 3.10. The minimum atomic E-state index is -0.248. The van der Waals surface area contributed by atoms with Gasteiger partial charge in [-0.15, -0.1) is 0 Å². The maximum Gasteiger partial charge on any atom is 0.173 e. The fourth-order valence-corrected chi connectivity index (χ4v) is 1.68. The van der Waals surface area contributed by atoms with Crippen LogP contribution in [-0.4, -0.2) is 22.6 Å². The molecule has 1 aromatic rings. The zero-order chi connectivity index (χ0) is 15.3. The Morgan fingerprint density at radius 2 is 2.00 bits per heavy atom. The van der Waals surface area contributed by atoms with Gasteiger partial charge in [-0.25, -0.2) is 0 Å². The number of allylic oxidation sites excluding steroid dienone is 1. The third kappa shape index (κ3) is 4.02. The molecule has 110 valence electrons. The summed E-state index contributed by atoms with van der Waals surface area (Å²) in [6, 6.07) is 2.51. The van der Waals surface area contributed by atoms with Crippen LogP contribution in [0.25, 0.3) is 0 Å². The van der Waals surface area contributed by atoms with Crippen molar-refractivity contribution in [2.75, 3.05) is 6.61 Å². The Bertz CT molecular complexity index is 513. The smallest absolute Gasteiger partial charge is 0.173 e. The van der Waals surface area contributed by atoms with E-state index in [9.17, 15) is 15.0 Å². The van der Waals surface area contributed by atoms with Gasteiger partial charge in [0.05, 0.1) is 0 Å². The summed E-state index contributed by atoms with van der Waals surface area (Å²) in [6.45, 7) is 7.87. The van der Waals surface area contributed by atoms with E-state index in [0.717, 1.165) is 11.6 Å². The first kappa shape index (κ1) is 16.1. The zero-order valence-electron chi connectivity index (χ0n) is 12.4. The summed E-state index contributed by atoms with van der Waals surface area (Å²) in [5, 5.41) is 19.5. The van der Waals surface area contributed by atoms with Gasteiger partial charge in [0.2, 0.25) is 0 Å². The number of carbonyl (C=O) groups is 1. The van der Waals surface area contributed by atoms with Crippen LogP contribution in [0.1, 0.15) is 44.5 Å². The lowest BCUT2D eigenvalue weighted by atomic mass is 9.95. The average molecular weight is 278 g/mol. The number of hydrogen-bond acceptors (Lipinski definition) is 4. The molecule has 0 aliphatic carbocycles. The average Bonchev–Trinajstić information content (AvgIpc) is 2.36. The van der Waals surface area contributed by atoms with E-state index in [1.807, 2.05) is 26.8 Å². The van der Waals surface area contributed by atoms with E-state index < -0.39 is 0 Å². The van der Waals surface area contributed by atoms with Crippen LogP contribution in [0.3, 0.4) is 0 Å². The number of carbonyl (C=O) groups excluding carboxylic acids is 1. The second-order valence-corrected chi connectivity index (χ2v) is 5.10. The number of ketones is 1. The highest BCUT2D eigenvalue weighted by molar-refractivity contribution is 6.02. The molecule has 4 heteroatoms. The molecule has 4 nitrogen and oxygen atoms in total. The van der Waals surface area contributed by atoms with Gasteiger partial charge in [0, 0.05) is 18.1 Å². The molecule has 20 heavy (non-hydrogen) atoms. The van der Waals surface area contributed by atoms with Crippen LogP contribution in [0.15, 0.2) is 23.8 Å². The molecule has 0 radical (unpaired) electrons. The van der Waals surface area contributed by atoms with Crippen molar-refractivity contribution < 1.29 is 19.7 Å². The summed E-state index contributed by atoms with van der Waals surface area (Å²) in [4.78, 5) is 12.3. The summed E-state index contributed by atoms with van der Waals surface area (Å²) < 4.78 is 5.51. The maximum atomic E-state index is 12.3. The lowest BCUT2D eigenvalue weighted by Crippen LogP contribution is -2.12. The lowest BCUT2D eigenvalue weighted by Gasteiger charge is -2.14. The van der Waals surface area contributed by atoms with E-state index in [1.165, 1.54) is 6.07 Å². The quantitative estimate of drug-likeness (QED) is 0.615. The number of benzene rings is 1. The normalized spacial score (nSPS) is 11.8. The van der Waals surface area contributed by atoms with Crippen LogP contribution in [0.5, 0.6) is 17.2 Å². The second-order valence-electron chi connectivity index (χ2n) is 5.10. The van der Waals surface area contributed by atoms with Crippen LogP contribution >= 0.6 is 0 Å². The van der Waals surface area contributed by atoms with Crippen LogP contribution in [0.4, 0.5) is 0 Å². The summed E-state index contributed by atoms with van der Waals surface area (Å²) in [5.41, 5.74) is 1.23. The van der Waals surface area contributed by atoms with Gasteiger partial charge in [0.25, 0.3) is 0 Å². The van der Waals surface area contributed by atoms with Crippen LogP contribution in [0, 0.1) is 5.92 Å². The molecule has 0 fully saturated rings. The standard InChI is InChI=1S/C16H22O4/c1-5-11(4)16(19)15-13(18)8-12(17)9-14(15)20-7-6-10(2)3/h6,8-9,11,17-18H,5,7H2,1-4H3/t11-/m0/s1. The zero-order valence-corrected chi connectivity index (χ0v) is 12.4. The van der Waals surface area contributed by atoms with Gasteiger partial charge < -0.3 is 14.9 Å². The van der Waals surface area contributed by atoms with Gasteiger partial charge in [-0.3, -0.25) is 4.79 Å². The highest BCUT2D eigenvalue weighted by Gasteiger charge is 2.22. The molecule has 1 rings (SSSR count). The van der Waals surface area contributed by atoms with E-state index in [1.54, 1.807) is 6.92 Å². The number of hydrogen-bond donors (Lipinski definition) is 2. The minimum Gasteiger partial charge on any atom is -0.508 e. The molecule has 1 atom stereocenters. The van der Waals surface area contributed by atoms with Crippen molar-refractivity contribution in [1.82, 2.24) is 0 Å². The van der Waals surface area contributed by atoms with Crippen LogP contribution in [0.2, 0.25) is 0 Å².